The van der Waals surface area contributed by atoms with Crippen molar-refractivity contribution in [2.24, 2.45) is 5.73 Å². The van der Waals surface area contributed by atoms with Gasteiger partial charge in [0.2, 0.25) is 5.95 Å². The van der Waals surface area contributed by atoms with Crippen molar-refractivity contribution in [3.8, 4) is 11.3 Å². The number of pyridine rings is 1. The zero-order chi connectivity index (χ0) is 24.9. The number of aromatic amines is 1. The first-order chi connectivity index (χ1) is 17.6. The van der Waals surface area contributed by atoms with E-state index in [4.69, 9.17) is 5.73 Å². The molecule has 0 atom stereocenters. The van der Waals surface area contributed by atoms with E-state index in [2.05, 4.69) is 53.0 Å². The lowest BCUT2D eigenvalue weighted by Gasteiger charge is -2.12. The van der Waals surface area contributed by atoms with Gasteiger partial charge in [-0.1, -0.05) is 18.7 Å². The van der Waals surface area contributed by atoms with Gasteiger partial charge in [-0.2, -0.15) is 5.10 Å². The summed E-state index contributed by atoms with van der Waals surface area (Å²) in [5.41, 5.74) is 11.2. The zero-order valence-corrected chi connectivity index (χ0v) is 20.5. The van der Waals surface area contributed by atoms with E-state index in [0.29, 0.717) is 19.2 Å². The summed E-state index contributed by atoms with van der Waals surface area (Å²) >= 11 is 1.46. The molecule has 4 heterocycles. The van der Waals surface area contributed by atoms with Crippen LogP contribution in [-0.2, 0) is 13.2 Å². The van der Waals surface area contributed by atoms with Crippen molar-refractivity contribution in [1.82, 2.24) is 39.8 Å². The quantitative estimate of drug-likeness (QED) is 0.181. The van der Waals surface area contributed by atoms with Crippen LogP contribution in [0.4, 0.5) is 11.6 Å². The molecule has 182 valence electrons. The van der Waals surface area contributed by atoms with Crippen molar-refractivity contribution in [2.75, 3.05) is 5.32 Å². The van der Waals surface area contributed by atoms with Crippen LogP contribution >= 0.6 is 11.9 Å². The fourth-order valence-corrected chi connectivity index (χ4v) is 4.16. The zero-order valence-electron chi connectivity index (χ0n) is 19.7. The minimum absolute atomic E-state index is 0.320. The number of hydrogen-bond donors (Lipinski definition) is 5. The SMILES string of the molecule is C=C(NCc1ccc(Nc2ncc(C)c(-c3cnn(CN)c3)n2)cc1)NSc1cnc2[nH]ccc2c1. The molecular weight excluding hydrogens is 472 g/mol. The van der Waals surface area contributed by atoms with Gasteiger partial charge in [0.25, 0.3) is 0 Å². The average Bonchev–Trinajstić information content (AvgIpc) is 3.57. The monoisotopic (exact) mass is 498 g/mol. The number of aryl methyl sites for hydroxylation is 1. The summed E-state index contributed by atoms with van der Waals surface area (Å²) < 4.78 is 4.88. The highest BCUT2D eigenvalue weighted by Gasteiger charge is 2.09. The molecule has 0 spiro atoms. The van der Waals surface area contributed by atoms with Crippen molar-refractivity contribution in [2.45, 2.75) is 25.0 Å². The van der Waals surface area contributed by atoms with Crippen LogP contribution in [0.3, 0.4) is 0 Å². The molecule has 36 heavy (non-hydrogen) atoms. The lowest BCUT2D eigenvalue weighted by atomic mass is 10.1. The van der Waals surface area contributed by atoms with E-state index in [9.17, 15) is 0 Å². The number of fused-ring (bicyclic) bond motifs is 1. The van der Waals surface area contributed by atoms with Crippen LogP contribution in [0.1, 0.15) is 11.1 Å². The maximum atomic E-state index is 5.65. The summed E-state index contributed by atoms with van der Waals surface area (Å²) in [6.07, 6.45) is 9.13. The first-order valence-electron chi connectivity index (χ1n) is 11.3. The molecule has 6 N–H and O–H groups in total. The lowest BCUT2D eigenvalue weighted by molar-refractivity contribution is 0.638. The standard InChI is InChI=1S/C25H26N10S/c1-16-10-30-25(33-23(16)20-12-31-35(14-20)15-26)32-21-5-3-18(4-6-21)11-28-17(2)34-36-22-9-19-7-8-27-24(19)29-13-22/h3-10,12-14,28,34H,2,11,15,26H2,1H3,(H,27,29)(H,30,32,33). The molecule has 0 radical (unpaired) electrons. The molecule has 0 saturated carbocycles. The summed E-state index contributed by atoms with van der Waals surface area (Å²) in [5, 5.41) is 11.9. The van der Waals surface area contributed by atoms with E-state index in [1.165, 1.54) is 11.9 Å². The molecule has 10 nitrogen and oxygen atoms in total. The Balaban J connectivity index is 1.14. The Morgan fingerprint density at radius 3 is 2.81 bits per heavy atom. The first-order valence-corrected chi connectivity index (χ1v) is 12.1. The Morgan fingerprint density at radius 2 is 2.00 bits per heavy atom. The summed E-state index contributed by atoms with van der Waals surface area (Å²) in [4.78, 5) is 17.6. The van der Waals surface area contributed by atoms with Crippen LogP contribution < -0.4 is 21.1 Å². The molecule has 0 aliphatic carbocycles. The summed E-state index contributed by atoms with van der Waals surface area (Å²) in [7, 11) is 0. The summed E-state index contributed by atoms with van der Waals surface area (Å²) in [6, 6.07) is 12.1. The minimum Gasteiger partial charge on any atom is -0.368 e. The highest BCUT2D eigenvalue weighted by molar-refractivity contribution is 7.97. The molecule has 0 aliphatic heterocycles. The van der Waals surface area contributed by atoms with Crippen molar-refractivity contribution >= 4 is 34.6 Å². The number of nitrogens with two attached hydrogens (primary N) is 1. The van der Waals surface area contributed by atoms with Crippen molar-refractivity contribution in [3.05, 3.63) is 90.9 Å². The predicted molar refractivity (Wildman–Crippen MR) is 143 cm³/mol. The molecule has 0 amide bonds. The van der Waals surface area contributed by atoms with Crippen molar-refractivity contribution in [1.29, 1.82) is 0 Å². The number of rotatable bonds is 10. The van der Waals surface area contributed by atoms with Crippen LogP contribution in [0.15, 0.2) is 84.7 Å². The van der Waals surface area contributed by atoms with E-state index in [1.54, 1.807) is 17.1 Å². The maximum absolute atomic E-state index is 5.65. The number of nitrogens with zero attached hydrogens (tertiary/aromatic N) is 5. The number of anilines is 2. The van der Waals surface area contributed by atoms with Crippen LogP contribution in [0.25, 0.3) is 22.3 Å². The second kappa shape index (κ2) is 10.5. The topological polar surface area (TPSA) is 134 Å². The largest absolute Gasteiger partial charge is 0.368 e. The van der Waals surface area contributed by atoms with Gasteiger partial charge in [-0.15, -0.1) is 0 Å². The van der Waals surface area contributed by atoms with Gasteiger partial charge >= 0.3 is 0 Å². The maximum Gasteiger partial charge on any atom is 0.227 e. The van der Waals surface area contributed by atoms with Crippen LogP contribution in [-0.4, -0.2) is 29.7 Å². The molecule has 5 rings (SSSR count). The van der Waals surface area contributed by atoms with E-state index in [0.717, 1.165) is 49.8 Å². The Hall–Kier alpha value is -4.35. The molecule has 5 aromatic rings. The Bertz CT molecular complexity index is 1490. The minimum atomic E-state index is 0.320. The van der Waals surface area contributed by atoms with Crippen molar-refractivity contribution < 1.29 is 0 Å². The second-order valence-electron chi connectivity index (χ2n) is 8.12. The Labute approximate surface area is 212 Å². The Morgan fingerprint density at radius 1 is 1.14 bits per heavy atom. The third kappa shape index (κ3) is 5.48. The van der Waals surface area contributed by atoms with Gasteiger partial charge in [-0.05, 0) is 54.3 Å². The van der Waals surface area contributed by atoms with Crippen molar-refractivity contribution in [3.63, 3.8) is 0 Å². The van der Waals surface area contributed by atoms with Gasteiger partial charge in [-0.3, -0.25) is 4.68 Å². The van der Waals surface area contributed by atoms with E-state index in [-0.39, 0.29) is 0 Å². The third-order valence-corrected chi connectivity index (χ3v) is 6.26. The molecule has 4 aromatic heterocycles. The van der Waals surface area contributed by atoms with E-state index < -0.39 is 0 Å². The summed E-state index contributed by atoms with van der Waals surface area (Å²) in [6.45, 7) is 6.97. The molecular formula is C25H26N10S. The van der Waals surface area contributed by atoms with Gasteiger partial charge < -0.3 is 26.1 Å². The number of nitrogens with one attached hydrogen (secondary N) is 4. The van der Waals surface area contributed by atoms with Gasteiger partial charge in [-0.25, -0.2) is 15.0 Å². The number of aromatic nitrogens is 6. The van der Waals surface area contributed by atoms with Gasteiger partial charge in [0, 0.05) is 52.9 Å². The van der Waals surface area contributed by atoms with Crippen LogP contribution in [0.5, 0.6) is 0 Å². The molecule has 0 saturated heterocycles. The normalized spacial score (nSPS) is 10.9. The number of hydrogen-bond acceptors (Lipinski definition) is 9. The predicted octanol–water partition coefficient (Wildman–Crippen LogP) is 4.04. The van der Waals surface area contributed by atoms with Gasteiger partial charge in [0.05, 0.1) is 18.6 Å². The third-order valence-electron chi connectivity index (χ3n) is 5.45. The first kappa shape index (κ1) is 23.4. The van der Waals surface area contributed by atoms with Crippen LogP contribution in [0.2, 0.25) is 0 Å². The van der Waals surface area contributed by atoms with E-state index in [1.807, 2.05) is 55.8 Å². The molecule has 1 aromatic carbocycles. The van der Waals surface area contributed by atoms with Gasteiger partial charge in [0.1, 0.15) is 11.5 Å². The fourth-order valence-electron chi connectivity index (χ4n) is 3.56. The smallest absolute Gasteiger partial charge is 0.227 e. The Kier molecular flexibility index (Phi) is 6.83. The molecule has 0 bridgehead atoms. The fraction of sp³-hybridized carbons (Fsp3) is 0.120. The van der Waals surface area contributed by atoms with Gasteiger partial charge in [0.15, 0.2) is 0 Å². The lowest BCUT2D eigenvalue weighted by Crippen LogP contribution is -2.20. The highest BCUT2D eigenvalue weighted by Crippen LogP contribution is 2.23. The molecule has 0 aliphatic rings. The highest BCUT2D eigenvalue weighted by atomic mass is 32.2. The van der Waals surface area contributed by atoms with E-state index >= 15 is 0 Å². The molecule has 0 fully saturated rings. The molecule has 0 unspecified atom stereocenters. The molecule has 11 heteroatoms. The summed E-state index contributed by atoms with van der Waals surface area (Å²) in [5.74, 6) is 1.24. The number of H-pyrrole nitrogens is 1. The second-order valence-corrected chi connectivity index (χ2v) is 9.00. The number of benzene rings is 1. The van der Waals surface area contributed by atoms with Crippen LogP contribution in [0, 0.1) is 6.92 Å². The average molecular weight is 499 g/mol.